The molecular weight excluding hydrogens is 232 g/mol. The van der Waals surface area contributed by atoms with Gasteiger partial charge in [-0.1, -0.05) is 0 Å². The highest BCUT2D eigenvalue weighted by atomic mass is 16.2. The van der Waals surface area contributed by atoms with Crippen molar-refractivity contribution in [2.75, 3.05) is 10.6 Å². The molecule has 18 heavy (non-hydrogen) atoms. The Hall–Kier alpha value is -2.31. The van der Waals surface area contributed by atoms with Gasteiger partial charge in [-0.3, -0.25) is 14.2 Å². The van der Waals surface area contributed by atoms with Crippen LogP contribution in [0.15, 0.2) is 12.4 Å². The number of hydrogen-bond donors (Lipinski definition) is 2. The molecule has 2 aromatic heterocycles. The zero-order valence-corrected chi connectivity index (χ0v) is 10.4. The van der Waals surface area contributed by atoms with Crippen LogP contribution in [0.4, 0.5) is 11.5 Å². The number of aryl methyl sites for hydroxylation is 3. The van der Waals surface area contributed by atoms with Gasteiger partial charge in [-0.2, -0.15) is 10.2 Å². The number of carbonyl (C=O) groups excluding carboxylic acids is 1. The first kappa shape index (κ1) is 10.8. The number of anilines is 2. The molecule has 2 aromatic rings. The van der Waals surface area contributed by atoms with Crippen LogP contribution in [0.25, 0.3) is 0 Å². The van der Waals surface area contributed by atoms with Crippen molar-refractivity contribution in [2.24, 2.45) is 14.1 Å². The van der Waals surface area contributed by atoms with E-state index in [4.69, 9.17) is 0 Å². The molecule has 7 nitrogen and oxygen atoms in total. The molecule has 0 bridgehead atoms. The highest BCUT2D eigenvalue weighted by Gasteiger charge is 2.31. The minimum Gasteiger partial charge on any atom is -0.353 e. The number of fused-ring (bicyclic) bond motifs is 1. The molecule has 3 rings (SSSR count). The third-order valence-electron chi connectivity index (χ3n) is 3.07. The molecule has 0 saturated carbocycles. The fraction of sp³-hybridized carbons (Fsp3) is 0.364. The molecule has 3 heterocycles. The van der Waals surface area contributed by atoms with Gasteiger partial charge in [0.15, 0.2) is 0 Å². The molecule has 1 unspecified atom stereocenters. The molecule has 0 aliphatic carbocycles. The molecule has 1 amide bonds. The van der Waals surface area contributed by atoms with E-state index in [0.717, 1.165) is 22.8 Å². The summed E-state index contributed by atoms with van der Waals surface area (Å²) in [6.07, 6.45) is 3.51. The average Bonchev–Trinajstić information content (AvgIpc) is 2.84. The second-order valence-electron chi connectivity index (χ2n) is 4.45. The second kappa shape index (κ2) is 3.59. The maximum absolute atomic E-state index is 12.1. The van der Waals surface area contributed by atoms with Crippen LogP contribution in [0.1, 0.15) is 17.3 Å². The van der Waals surface area contributed by atoms with E-state index >= 15 is 0 Å². The maximum atomic E-state index is 12.1. The molecule has 2 N–H and O–H groups in total. The summed E-state index contributed by atoms with van der Waals surface area (Å²) >= 11 is 0. The molecule has 0 fully saturated rings. The molecule has 94 valence electrons. The fourth-order valence-corrected chi connectivity index (χ4v) is 2.19. The predicted molar refractivity (Wildman–Crippen MR) is 66.1 cm³/mol. The van der Waals surface area contributed by atoms with Gasteiger partial charge in [-0.05, 0) is 6.92 Å². The van der Waals surface area contributed by atoms with Crippen molar-refractivity contribution >= 4 is 17.4 Å². The Balaban J connectivity index is 2.01. The second-order valence-corrected chi connectivity index (χ2v) is 4.45. The minimum atomic E-state index is -0.430. The Bertz CT molecular complexity index is 626. The SMILES string of the molecule is Cc1nn(C)c2c1NC(=O)C(c1cnn(C)c1)N2. The van der Waals surface area contributed by atoms with E-state index in [2.05, 4.69) is 20.8 Å². The van der Waals surface area contributed by atoms with E-state index in [1.54, 1.807) is 15.6 Å². The van der Waals surface area contributed by atoms with Gasteiger partial charge < -0.3 is 10.6 Å². The van der Waals surface area contributed by atoms with Crippen molar-refractivity contribution in [1.82, 2.24) is 19.6 Å². The fourth-order valence-electron chi connectivity index (χ4n) is 2.19. The lowest BCUT2D eigenvalue weighted by molar-refractivity contribution is -0.117. The predicted octanol–water partition coefficient (Wildman–Crippen LogP) is 0.567. The van der Waals surface area contributed by atoms with Gasteiger partial charge in [0.05, 0.1) is 11.9 Å². The Labute approximate surface area is 104 Å². The number of rotatable bonds is 1. The molecule has 1 aliphatic heterocycles. The van der Waals surface area contributed by atoms with E-state index in [1.807, 2.05) is 27.2 Å². The molecule has 7 heteroatoms. The van der Waals surface area contributed by atoms with Gasteiger partial charge in [0, 0.05) is 25.9 Å². The van der Waals surface area contributed by atoms with Crippen molar-refractivity contribution in [1.29, 1.82) is 0 Å². The lowest BCUT2D eigenvalue weighted by atomic mass is 10.1. The van der Waals surface area contributed by atoms with Gasteiger partial charge in [0.2, 0.25) is 0 Å². The maximum Gasteiger partial charge on any atom is 0.251 e. The number of carbonyl (C=O) groups is 1. The molecule has 0 aromatic carbocycles. The number of nitrogens with zero attached hydrogens (tertiary/aromatic N) is 4. The van der Waals surface area contributed by atoms with Crippen LogP contribution < -0.4 is 10.6 Å². The highest BCUT2D eigenvalue weighted by molar-refractivity contribution is 6.03. The van der Waals surface area contributed by atoms with Crippen LogP contribution in [-0.4, -0.2) is 25.5 Å². The lowest BCUT2D eigenvalue weighted by Crippen LogP contribution is -2.32. The minimum absolute atomic E-state index is 0.0911. The van der Waals surface area contributed by atoms with Gasteiger partial charge in [-0.15, -0.1) is 0 Å². The van der Waals surface area contributed by atoms with Crippen LogP contribution in [0, 0.1) is 6.92 Å². The summed E-state index contributed by atoms with van der Waals surface area (Å²) < 4.78 is 3.40. The van der Waals surface area contributed by atoms with Crippen LogP contribution in [-0.2, 0) is 18.9 Å². The topological polar surface area (TPSA) is 76.8 Å². The Kier molecular flexibility index (Phi) is 2.16. The molecule has 1 atom stereocenters. The summed E-state index contributed by atoms with van der Waals surface area (Å²) in [5.74, 6) is 0.729. The van der Waals surface area contributed by atoms with Crippen LogP contribution >= 0.6 is 0 Å². The Morgan fingerprint density at radius 3 is 2.83 bits per heavy atom. The number of amides is 1. The van der Waals surface area contributed by atoms with E-state index in [-0.39, 0.29) is 5.91 Å². The third-order valence-corrected chi connectivity index (χ3v) is 3.07. The molecular formula is C11H14N6O. The van der Waals surface area contributed by atoms with Crippen LogP contribution in [0.5, 0.6) is 0 Å². The summed E-state index contributed by atoms with van der Waals surface area (Å²) in [5.41, 5.74) is 2.39. The molecule has 1 aliphatic rings. The normalized spacial score (nSPS) is 18.2. The van der Waals surface area contributed by atoms with E-state index < -0.39 is 6.04 Å². The monoisotopic (exact) mass is 246 g/mol. The van der Waals surface area contributed by atoms with Crippen molar-refractivity contribution in [3.05, 3.63) is 23.7 Å². The Morgan fingerprint density at radius 1 is 1.39 bits per heavy atom. The number of hydrogen-bond acceptors (Lipinski definition) is 4. The summed E-state index contributed by atoms with van der Waals surface area (Å²) in [7, 11) is 3.67. The van der Waals surface area contributed by atoms with Crippen molar-refractivity contribution < 1.29 is 4.79 Å². The zero-order valence-electron chi connectivity index (χ0n) is 10.4. The zero-order chi connectivity index (χ0) is 12.9. The van der Waals surface area contributed by atoms with Crippen molar-refractivity contribution in [3.63, 3.8) is 0 Å². The van der Waals surface area contributed by atoms with Gasteiger partial charge in [-0.25, -0.2) is 0 Å². The summed E-state index contributed by atoms with van der Waals surface area (Å²) in [4.78, 5) is 12.1. The van der Waals surface area contributed by atoms with Crippen LogP contribution in [0.2, 0.25) is 0 Å². The molecule has 0 saturated heterocycles. The summed E-state index contributed by atoms with van der Waals surface area (Å²) in [5, 5.41) is 14.4. The standard InChI is InChI=1S/C11H14N6O/c1-6-8-10(17(3)15-6)13-9(11(18)14-8)7-4-12-16(2)5-7/h4-5,9,13H,1-3H3,(H,14,18). The van der Waals surface area contributed by atoms with E-state index in [9.17, 15) is 4.79 Å². The van der Waals surface area contributed by atoms with Gasteiger partial charge in [0.25, 0.3) is 5.91 Å². The highest BCUT2D eigenvalue weighted by Crippen LogP contribution is 2.33. The van der Waals surface area contributed by atoms with Crippen molar-refractivity contribution in [2.45, 2.75) is 13.0 Å². The summed E-state index contributed by atoms with van der Waals surface area (Å²) in [6, 6.07) is -0.430. The van der Waals surface area contributed by atoms with E-state index in [1.165, 1.54) is 0 Å². The van der Waals surface area contributed by atoms with Crippen LogP contribution in [0.3, 0.4) is 0 Å². The Morgan fingerprint density at radius 2 is 2.17 bits per heavy atom. The third kappa shape index (κ3) is 1.47. The first-order valence-electron chi connectivity index (χ1n) is 5.66. The summed E-state index contributed by atoms with van der Waals surface area (Å²) in [6.45, 7) is 1.87. The number of nitrogens with one attached hydrogen (secondary N) is 2. The van der Waals surface area contributed by atoms with E-state index in [0.29, 0.717) is 0 Å². The largest absolute Gasteiger partial charge is 0.353 e. The first-order valence-corrected chi connectivity index (χ1v) is 5.66. The molecule has 0 radical (unpaired) electrons. The van der Waals surface area contributed by atoms with Crippen molar-refractivity contribution in [3.8, 4) is 0 Å². The van der Waals surface area contributed by atoms with Gasteiger partial charge >= 0.3 is 0 Å². The number of aromatic nitrogens is 4. The average molecular weight is 246 g/mol. The smallest absolute Gasteiger partial charge is 0.251 e. The first-order chi connectivity index (χ1) is 8.56. The van der Waals surface area contributed by atoms with Gasteiger partial charge in [0.1, 0.15) is 17.5 Å². The lowest BCUT2D eigenvalue weighted by Gasteiger charge is -2.24. The molecule has 0 spiro atoms. The quantitative estimate of drug-likeness (QED) is 0.771.